The van der Waals surface area contributed by atoms with Gasteiger partial charge in [0.2, 0.25) is 5.95 Å². The molecule has 3 N–H and O–H groups in total. The van der Waals surface area contributed by atoms with E-state index >= 15 is 0 Å². The highest BCUT2D eigenvalue weighted by molar-refractivity contribution is 9.10. The van der Waals surface area contributed by atoms with Crippen molar-refractivity contribution < 1.29 is 9.84 Å². The fraction of sp³-hybridized carbons (Fsp3) is 0.484. The van der Waals surface area contributed by atoms with Crippen LogP contribution in [-0.2, 0) is 5.60 Å². The molecule has 0 bridgehead atoms. The van der Waals surface area contributed by atoms with Gasteiger partial charge in [0.15, 0.2) is 0 Å². The van der Waals surface area contributed by atoms with Crippen LogP contribution in [0.4, 0.5) is 28.8 Å². The molecule has 0 atom stereocenters. The summed E-state index contributed by atoms with van der Waals surface area (Å²) in [6, 6.07) is 12.6. The van der Waals surface area contributed by atoms with Crippen LogP contribution in [0.3, 0.4) is 0 Å². The highest BCUT2D eigenvalue weighted by Gasteiger charge is 2.28. The summed E-state index contributed by atoms with van der Waals surface area (Å²) in [4.78, 5) is 16.8. The summed E-state index contributed by atoms with van der Waals surface area (Å²) in [5, 5.41) is 17.4. The van der Waals surface area contributed by atoms with E-state index in [1.54, 1.807) is 27.2 Å². The lowest BCUT2D eigenvalue weighted by Gasteiger charge is -2.42. The number of hydrogen-bond acceptors (Lipinski definition) is 9. The van der Waals surface area contributed by atoms with E-state index in [4.69, 9.17) is 9.72 Å². The zero-order chi connectivity index (χ0) is 29.1. The molecule has 0 saturated carbocycles. The summed E-state index contributed by atoms with van der Waals surface area (Å²) in [5.41, 5.74) is 3.68. The van der Waals surface area contributed by atoms with Crippen molar-refractivity contribution in [2.45, 2.75) is 45.3 Å². The van der Waals surface area contributed by atoms with Gasteiger partial charge >= 0.3 is 0 Å². The van der Waals surface area contributed by atoms with Gasteiger partial charge in [0.25, 0.3) is 0 Å². The Morgan fingerprint density at radius 3 is 2.39 bits per heavy atom. The van der Waals surface area contributed by atoms with Crippen LogP contribution in [0.15, 0.2) is 47.1 Å². The lowest BCUT2D eigenvalue weighted by Crippen LogP contribution is -2.52. The molecular weight excluding hydrogens is 582 g/mol. The second kappa shape index (κ2) is 12.5. The number of rotatable bonds is 8. The summed E-state index contributed by atoms with van der Waals surface area (Å²) in [7, 11) is 3.94. The number of piperidine rings is 1. The molecule has 41 heavy (non-hydrogen) atoms. The predicted molar refractivity (Wildman–Crippen MR) is 170 cm³/mol. The van der Waals surface area contributed by atoms with Crippen LogP contribution in [0.1, 0.15) is 37.8 Å². The third kappa shape index (κ3) is 6.94. The number of nitrogens with one attached hydrogen (secondary N) is 2. The monoisotopic (exact) mass is 623 g/mol. The van der Waals surface area contributed by atoms with Gasteiger partial charge in [-0.15, -0.1) is 0 Å². The number of hydrogen-bond donors (Lipinski definition) is 3. The number of aromatic nitrogens is 2. The Morgan fingerprint density at radius 2 is 1.71 bits per heavy atom. The van der Waals surface area contributed by atoms with Crippen LogP contribution in [0.5, 0.6) is 5.75 Å². The molecule has 9 nitrogen and oxygen atoms in total. The van der Waals surface area contributed by atoms with Gasteiger partial charge in [0, 0.05) is 74.5 Å². The van der Waals surface area contributed by atoms with E-state index in [9.17, 15) is 5.11 Å². The number of methoxy groups -OCH3 is 1. The summed E-state index contributed by atoms with van der Waals surface area (Å²) in [6.07, 6.45) is 4.06. The molecule has 2 saturated heterocycles. The number of aryl methyl sites for hydroxylation is 1. The Hall–Kier alpha value is -2.92. The molecule has 2 fully saturated rings. The van der Waals surface area contributed by atoms with Gasteiger partial charge in [-0.3, -0.25) is 4.90 Å². The molecule has 3 heterocycles. The van der Waals surface area contributed by atoms with Gasteiger partial charge in [-0.05, 0) is 74.3 Å². The number of likely N-dealkylation sites (N-methyl/N-ethyl adjacent to an activating group) is 1. The van der Waals surface area contributed by atoms with Crippen LogP contribution in [0.25, 0.3) is 0 Å². The highest BCUT2D eigenvalue weighted by atomic mass is 79.9. The lowest BCUT2D eigenvalue weighted by molar-refractivity contribution is 0.0794. The standard InChI is InChI=1S/C31H42BrN7O2/c1-21-18-27(39-12-10-22(11-13-39)38-16-14-37(4)15-17-38)28(41-5)19-26(21)35-30-33-20-24(32)29(36-30)34-25-9-7-6-8-23(25)31(2,3)40/h6-9,18-20,22,40H,10-17H2,1-5H3,(H2,33,34,35,36). The number of ether oxygens (including phenoxy) is 1. The highest BCUT2D eigenvalue weighted by Crippen LogP contribution is 2.37. The Balaban J connectivity index is 1.30. The maximum absolute atomic E-state index is 10.6. The van der Waals surface area contributed by atoms with Crippen molar-refractivity contribution in [2.75, 3.05) is 69.0 Å². The second-order valence-corrected chi connectivity index (χ2v) is 12.5. The van der Waals surface area contributed by atoms with E-state index in [1.807, 2.05) is 30.3 Å². The minimum absolute atomic E-state index is 0.460. The van der Waals surface area contributed by atoms with Crippen molar-refractivity contribution >= 4 is 44.8 Å². The van der Waals surface area contributed by atoms with Gasteiger partial charge in [-0.25, -0.2) is 4.98 Å². The lowest BCUT2D eigenvalue weighted by atomic mass is 9.96. The van der Waals surface area contributed by atoms with Gasteiger partial charge in [0.1, 0.15) is 11.6 Å². The van der Waals surface area contributed by atoms with Gasteiger partial charge < -0.3 is 30.3 Å². The van der Waals surface area contributed by atoms with E-state index in [1.165, 1.54) is 25.9 Å². The number of piperazine rings is 1. The molecule has 0 unspecified atom stereocenters. The third-order valence-corrected chi connectivity index (χ3v) is 8.80. The number of aliphatic hydroxyl groups is 1. The molecule has 0 amide bonds. The summed E-state index contributed by atoms with van der Waals surface area (Å²) >= 11 is 3.56. The number of benzene rings is 2. The van der Waals surface area contributed by atoms with Crippen molar-refractivity contribution in [3.8, 4) is 5.75 Å². The van der Waals surface area contributed by atoms with Crippen LogP contribution in [0.2, 0.25) is 0 Å². The van der Waals surface area contributed by atoms with Crippen LogP contribution in [-0.4, -0.2) is 84.3 Å². The Morgan fingerprint density at radius 1 is 1.00 bits per heavy atom. The van der Waals surface area contributed by atoms with Gasteiger partial charge in [-0.1, -0.05) is 18.2 Å². The molecule has 2 aliphatic rings. The zero-order valence-electron chi connectivity index (χ0n) is 24.7. The minimum atomic E-state index is -1.00. The molecule has 2 aliphatic heterocycles. The Kier molecular flexibility index (Phi) is 9.03. The number of para-hydroxylation sites is 1. The summed E-state index contributed by atoms with van der Waals surface area (Å²) < 4.78 is 6.59. The smallest absolute Gasteiger partial charge is 0.229 e. The number of nitrogens with zero attached hydrogens (tertiary/aromatic N) is 5. The third-order valence-electron chi connectivity index (χ3n) is 8.22. The largest absolute Gasteiger partial charge is 0.495 e. The topological polar surface area (TPSA) is 89.0 Å². The van der Waals surface area contributed by atoms with E-state index in [0.29, 0.717) is 17.8 Å². The first-order valence-electron chi connectivity index (χ1n) is 14.4. The Bertz CT molecular complexity index is 1350. The molecule has 5 rings (SSSR count). The molecular formula is C31H42BrN7O2. The predicted octanol–water partition coefficient (Wildman–Crippen LogP) is 5.49. The number of halogens is 1. The van der Waals surface area contributed by atoms with Gasteiger partial charge in [0.05, 0.1) is 22.9 Å². The average molecular weight is 625 g/mol. The van der Waals surface area contributed by atoms with E-state index in [0.717, 1.165) is 64.6 Å². The summed E-state index contributed by atoms with van der Waals surface area (Å²) in [5.74, 6) is 1.90. The zero-order valence-corrected chi connectivity index (χ0v) is 26.3. The van der Waals surface area contributed by atoms with Crippen LogP contribution >= 0.6 is 15.9 Å². The molecule has 2 aromatic carbocycles. The fourth-order valence-electron chi connectivity index (χ4n) is 5.77. The molecule has 220 valence electrons. The van der Waals surface area contributed by atoms with Crippen molar-refractivity contribution in [1.29, 1.82) is 0 Å². The quantitative estimate of drug-likeness (QED) is 0.301. The fourth-order valence-corrected chi connectivity index (χ4v) is 6.06. The first-order valence-corrected chi connectivity index (χ1v) is 15.2. The molecule has 0 radical (unpaired) electrons. The van der Waals surface area contributed by atoms with E-state index in [-0.39, 0.29) is 0 Å². The summed E-state index contributed by atoms with van der Waals surface area (Å²) in [6.45, 7) is 12.4. The maximum atomic E-state index is 10.6. The van der Waals surface area contributed by atoms with Crippen LogP contribution in [0, 0.1) is 6.92 Å². The molecule has 0 spiro atoms. The molecule has 1 aromatic heterocycles. The molecule has 10 heteroatoms. The average Bonchev–Trinajstić information content (AvgIpc) is 2.96. The first kappa shape index (κ1) is 29.6. The Labute approximate surface area is 252 Å². The molecule has 0 aliphatic carbocycles. The minimum Gasteiger partial charge on any atom is -0.495 e. The first-order chi connectivity index (χ1) is 19.6. The maximum Gasteiger partial charge on any atom is 0.229 e. The molecule has 3 aromatic rings. The van der Waals surface area contributed by atoms with E-state index in [2.05, 4.69) is 66.3 Å². The second-order valence-electron chi connectivity index (χ2n) is 11.6. The van der Waals surface area contributed by atoms with Crippen molar-refractivity contribution in [3.63, 3.8) is 0 Å². The SMILES string of the molecule is COc1cc(Nc2ncc(Br)c(Nc3ccccc3C(C)(C)O)n2)c(C)cc1N1CCC(N2CCN(C)CC2)CC1. The van der Waals surface area contributed by atoms with Crippen molar-refractivity contribution in [3.05, 3.63) is 58.2 Å². The van der Waals surface area contributed by atoms with Crippen LogP contribution < -0.4 is 20.3 Å². The van der Waals surface area contributed by atoms with Crippen molar-refractivity contribution in [1.82, 2.24) is 19.8 Å². The number of anilines is 5. The van der Waals surface area contributed by atoms with Gasteiger partial charge in [-0.2, -0.15) is 4.98 Å². The van der Waals surface area contributed by atoms with E-state index < -0.39 is 5.60 Å². The normalized spacial score (nSPS) is 17.5. The van der Waals surface area contributed by atoms with Crippen molar-refractivity contribution in [2.24, 2.45) is 0 Å².